The van der Waals surface area contributed by atoms with Gasteiger partial charge in [0.15, 0.2) is 0 Å². The van der Waals surface area contributed by atoms with Crippen LogP contribution < -0.4 is 5.32 Å². The first kappa shape index (κ1) is 15.0. The van der Waals surface area contributed by atoms with E-state index in [4.69, 9.17) is 0 Å². The minimum atomic E-state index is 0. The van der Waals surface area contributed by atoms with Crippen molar-refractivity contribution in [3.63, 3.8) is 0 Å². The van der Waals surface area contributed by atoms with Gasteiger partial charge < -0.3 is 10.2 Å². The lowest BCUT2D eigenvalue weighted by Gasteiger charge is -2.22. The Morgan fingerprint density at radius 3 is 2.50 bits per heavy atom. The Morgan fingerprint density at radius 2 is 1.83 bits per heavy atom. The Hall–Kier alpha value is -1.06. The summed E-state index contributed by atoms with van der Waals surface area (Å²) in [4.78, 5) is 14.5. The highest BCUT2D eigenvalue weighted by Gasteiger charge is 2.19. The topological polar surface area (TPSA) is 32.3 Å². The number of nitrogens with zero attached hydrogens (tertiary/aromatic N) is 1. The summed E-state index contributed by atoms with van der Waals surface area (Å²) in [7, 11) is 0. The Bertz CT molecular complexity index is 392. The van der Waals surface area contributed by atoms with Crippen LogP contribution in [0.15, 0.2) is 18.2 Å². The molecule has 2 rings (SSSR count). The molecule has 18 heavy (non-hydrogen) atoms. The van der Waals surface area contributed by atoms with Gasteiger partial charge in [-0.05, 0) is 37.9 Å². The largest absolute Gasteiger partial charge is 0.337 e. The van der Waals surface area contributed by atoms with Crippen molar-refractivity contribution in [2.24, 2.45) is 0 Å². The fourth-order valence-corrected chi connectivity index (χ4v) is 2.36. The zero-order valence-corrected chi connectivity index (χ0v) is 11.8. The van der Waals surface area contributed by atoms with Crippen molar-refractivity contribution in [1.29, 1.82) is 0 Å². The molecule has 4 heteroatoms. The molecule has 0 atom stereocenters. The normalized spacial score (nSPS) is 15.8. The molecule has 1 aliphatic heterocycles. The zero-order valence-electron chi connectivity index (χ0n) is 11.0. The van der Waals surface area contributed by atoms with Crippen LogP contribution in [-0.2, 0) is 0 Å². The summed E-state index contributed by atoms with van der Waals surface area (Å²) in [6, 6.07) is 6.03. The van der Waals surface area contributed by atoms with Crippen LogP contribution in [0.5, 0.6) is 0 Å². The first-order valence-corrected chi connectivity index (χ1v) is 6.26. The van der Waals surface area contributed by atoms with Crippen LogP contribution in [0.1, 0.15) is 27.9 Å². The molecule has 0 saturated carbocycles. The van der Waals surface area contributed by atoms with Crippen molar-refractivity contribution in [2.75, 3.05) is 26.2 Å². The van der Waals surface area contributed by atoms with Crippen molar-refractivity contribution in [1.82, 2.24) is 10.2 Å². The molecule has 0 aliphatic carbocycles. The van der Waals surface area contributed by atoms with Crippen LogP contribution >= 0.6 is 12.4 Å². The van der Waals surface area contributed by atoms with E-state index < -0.39 is 0 Å². The average molecular weight is 269 g/mol. The van der Waals surface area contributed by atoms with Crippen molar-refractivity contribution >= 4 is 18.3 Å². The lowest BCUT2D eigenvalue weighted by molar-refractivity contribution is 0.0765. The molecule has 1 fully saturated rings. The van der Waals surface area contributed by atoms with Crippen molar-refractivity contribution in [2.45, 2.75) is 20.3 Å². The second-order valence-electron chi connectivity index (χ2n) is 4.66. The summed E-state index contributed by atoms with van der Waals surface area (Å²) >= 11 is 0. The second kappa shape index (κ2) is 6.76. The number of carbonyl (C=O) groups is 1. The number of halogens is 1. The molecule has 1 N–H and O–H groups in total. The molecule has 0 bridgehead atoms. The van der Waals surface area contributed by atoms with Crippen molar-refractivity contribution in [3.8, 4) is 0 Å². The number of benzene rings is 1. The molecule has 1 saturated heterocycles. The molecule has 1 aliphatic rings. The monoisotopic (exact) mass is 268 g/mol. The van der Waals surface area contributed by atoms with Gasteiger partial charge in [-0.25, -0.2) is 0 Å². The van der Waals surface area contributed by atoms with Crippen LogP contribution in [0, 0.1) is 13.8 Å². The number of amides is 1. The lowest BCUT2D eigenvalue weighted by Crippen LogP contribution is -2.35. The van der Waals surface area contributed by atoms with E-state index in [1.54, 1.807) is 0 Å². The maximum atomic E-state index is 12.5. The van der Waals surface area contributed by atoms with Crippen LogP contribution in [0.3, 0.4) is 0 Å². The first-order chi connectivity index (χ1) is 8.20. The first-order valence-electron chi connectivity index (χ1n) is 6.26. The number of aryl methyl sites for hydroxylation is 2. The Morgan fingerprint density at radius 1 is 1.17 bits per heavy atom. The minimum Gasteiger partial charge on any atom is -0.337 e. The maximum Gasteiger partial charge on any atom is 0.254 e. The van der Waals surface area contributed by atoms with Gasteiger partial charge in [0.05, 0.1) is 0 Å². The third kappa shape index (κ3) is 3.24. The summed E-state index contributed by atoms with van der Waals surface area (Å²) in [6.45, 7) is 7.60. The molecule has 1 amide bonds. The minimum absolute atomic E-state index is 0. The highest BCUT2D eigenvalue weighted by Crippen LogP contribution is 2.16. The summed E-state index contributed by atoms with van der Waals surface area (Å²) in [5.41, 5.74) is 3.04. The third-order valence-corrected chi connectivity index (χ3v) is 3.32. The quantitative estimate of drug-likeness (QED) is 0.847. The van der Waals surface area contributed by atoms with Gasteiger partial charge in [0, 0.05) is 25.2 Å². The molecule has 0 aromatic heterocycles. The fourth-order valence-electron chi connectivity index (χ4n) is 2.36. The number of hydrogen-bond acceptors (Lipinski definition) is 2. The van der Waals surface area contributed by atoms with Crippen LogP contribution in [-0.4, -0.2) is 37.0 Å². The molecule has 1 aromatic rings. The van der Waals surface area contributed by atoms with Gasteiger partial charge in [-0.15, -0.1) is 12.4 Å². The summed E-state index contributed by atoms with van der Waals surface area (Å²) < 4.78 is 0. The van der Waals surface area contributed by atoms with Crippen LogP contribution in [0.25, 0.3) is 0 Å². The SMILES string of the molecule is Cc1cccc(C)c1C(=O)N1CCCNCC1.Cl. The van der Waals surface area contributed by atoms with E-state index in [1.165, 1.54) is 0 Å². The molecular formula is C14H21ClN2O. The van der Waals surface area contributed by atoms with Gasteiger partial charge in [0.2, 0.25) is 0 Å². The predicted molar refractivity (Wildman–Crippen MR) is 76.6 cm³/mol. The van der Waals surface area contributed by atoms with E-state index in [9.17, 15) is 4.79 Å². The number of rotatable bonds is 1. The van der Waals surface area contributed by atoms with Gasteiger partial charge >= 0.3 is 0 Å². The van der Waals surface area contributed by atoms with Gasteiger partial charge in [-0.3, -0.25) is 4.79 Å². The molecule has 1 aromatic carbocycles. The highest BCUT2D eigenvalue weighted by atomic mass is 35.5. The smallest absolute Gasteiger partial charge is 0.254 e. The van der Waals surface area contributed by atoms with E-state index >= 15 is 0 Å². The van der Waals surface area contributed by atoms with E-state index in [2.05, 4.69) is 5.32 Å². The third-order valence-electron chi connectivity index (χ3n) is 3.32. The maximum absolute atomic E-state index is 12.5. The molecule has 100 valence electrons. The zero-order chi connectivity index (χ0) is 12.3. The number of hydrogen-bond donors (Lipinski definition) is 1. The van der Waals surface area contributed by atoms with Gasteiger partial charge in [-0.2, -0.15) is 0 Å². The van der Waals surface area contributed by atoms with Crippen molar-refractivity contribution < 1.29 is 4.79 Å². The Balaban J connectivity index is 0.00000162. The number of carbonyl (C=O) groups excluding carboxylic acids is 1. The molecule has 1 heterocycles. The number of nitrogens with one attached hydrogen (secondary N) is 1. The highest BCUT2D eigenvalue weighted by molar-refractivity contribution is 5.97. The van der Waals surface area contributed by atoms with E-state index in [-0.39, 0.29) is 18.3 Å². The molecule has 3 nitrogen and oxygen atoms in total. The van der Waals surface area contributed by atoms with Gasteiger partial charge in [-0.1, -0.05) is 18.2 Å². The summed E-state index contributed by atoms with van der Waals surface area (Å²) in [5.74, 6) is 0.185. The Kier molecular flexibility index (Phi) is 5.63. The van der Waals surface area contributed by atoms with E-state index in [1.807, 2.05) is 36.9 Å². The van der Waals surface area contributed by atoms with Crippen LogP contribution in [0.2, 0.25) is 0 Å². The van der Waals surface area contributed by atoms with Gasteiger partial charge in [0.25, 0.3) is 5.91 Å². The molecule has 0 spiro atoms. The lowest BCUT2D eigenvalue weighted by atomic mass is 10.0. The summed E-state index contributed by atoms with van der Waals surface area (Å²) in [6.07, 6.45) is 1.04. The van der Waals surface area contributed by atoms with Crippen molar-refractivity contribution in [3.05, 3.63) is 34.9 Å². The summed E-state index contributed by atoms with van der Waals surface area (Å²) in [5, 5.41) is 3.32. The second-order valence-corrected chi connectivity index (χ2v) is 4.66. The van der Waals surface area contributed by atoms with E-state index in [0.29, 0.717) is 0 Å². The molecule has 0 unspecified atom stereocenters. The standard InChI is InChI=1S/C14H20N2O.ClH/c1-11-5-3-6-12(2)13(11)14(17)16-9-4-7-15-8-10-16;/h3,5-6,15H,4,7-10H2,1-2H3;1H. The average Bonchev–Trinajstić information content (AvgIpc) is 2.57. The predicted octanol–water partition coefficient (Wildman–Crippen LogP) is 2.16. The molecule has 0 radical (unpaired) electrons. The van der Waals surface area contributed by atoms with E-state index in [0.717, 1.165) is 49.3 Å². The van der Waals surface area contributed by atoms with Gasteiger partial charge in [0.1, 0.15) is 0 Å². The fraction of sp³-hybridized carbons (Fsp3) is 0.500. The Labute approximate surface area is 115 Å². The van der Waals surface area contributed by atoms with Crippen LogP contribution in [0.4, 0.5) is 0 Å². The molecular weight excluding hydrogens is 248 g/mol.